The molecule has 1 atom stereocenters. The summed E-state index contributed by atoms with van der Waals surface area (Å²) in [6, 6.07) is 8.86. The lowest BCUT2D eigenvalue weighted by Crippen LogP contribution is -2.52. The zero-order valence-corrected chi connectivity index (χ0v) is 18.4. The average Bonchev–Trinajstić information content (AvgIpc) is 3.08. The van der Waals surface area contributed by atoms with Crippen LogP contribution in [0.4, 0.5) is 23.7 Å². The Morgan fingerprint density at radius 1 is 1.06 bits per heavy atom. The van der Waals surface area contributed by atoms with E-state index in [9.17, 15) is 32.3 Å². The molecule has 2 saturated heterocycles. The van der Waals surface area contributed by atoms with Crippen LogP contribution in [0.3, 0.4) is 0 Å². The van der Waals surface area contributed by atoms with E-state index in [0.29, 0.717) is 35.5 Å². The third-order valence-corrected chi connectivity index (χ3v) is 6.63. The third-order valence-electron chi connectivity index (χ3n) is 6.63. The number of rotatable bonds is 3. The monoisotopic (exact) mass is 486 g/mol. The number of hydrogen-bond donors (Lipinski definition) is 2. The average molecular weight is 486 g/mol. The van der Waals surface area contributed by atoms with E-state index in [-0.39, 0.29) is 43.1 Å². The molecule has 0 saturated carbocycles. The normalized spacial score (nSPS) is 20.4. The van der Waals surface area contributed by atoms with Gasteiger partial charge in [0.05, 0.1) is 5.56 Å². The van der Waals surface area contributed by atoms with Gasteiger partial charge in [-0.3, -0.25) is 19.7 Å². The quantitative estimate of drug-likeness (QED) is 0.652. The van der Waals surface area contributed by atoms with Crippen molar-refractivity contribution in [3.8, 4) is 0 Å². The van der Waals surface area contributed by atoms with Crippen molar-refractivity contribution in [3.05, 3.63) is 64.7 Å². The molecule has 35 heavy (non-hydrogen) atoms. The molecule has 8 nitrogen and oxygen atoms in total. The highest BCUT2D eigenvalue weighted by molar-refractivity contribution is 6.05. The highest BCUT2D eigenvalue weighted by Gasteiger charge is 2.39. The summed E-state index contributed by atoms with van der Waals surface area (Å²) in [6.45, 7) is 0.769. The number of hydrogen-bond acceptors (Lipinski definition) is 4. The molecule has 2 fully saturated rings. The van der Waals surface area contributed by atoms with Crippen molar-refractivity contribution in [2.45, 2.75) is 37.5 Å². The van der Waals surface area contributed by atoms with Crippen LogP contribution in [-0.4, -0.2) is 52.7 Å². The minimum atomic E-state index is -4.42. The van der Waals surface area contributed by atoms with Crippen LogP contribution in [0.25, 0.3) is 0 Å². The van der Waals surface area contributed by atoms with Crippen molar-refractivity contribution < 1.29 is 32.3 Å². The smallest absolute Gasteiger partial charge is 0.323 e. The number of urea groups is 1. The minimum absolute atomic E-state index is 0.162. The largest absolute Gasteiger partial charge is 0.416 e. The minimum Gasteiger partial charge on any atom is -0.323 e. The molecule has 182 valence electrons. The fourth-order valence-corrected chi connectivity index (χ4v) is 4.68. The van der Waals surface area contributed by atoms with Crippen molar-refractivity contribution in [2.24, 2.45) is 0 Å². The number of nitrogens with zero attached hydrogens (tertiary/aromatic N) is 2. The Labute approximate surface area is 198 Å². The lowest BCUT2D eigenvalue weighted by atomic mass is 9.90. The van der Waals surface area contributed by atoms with Crippen LogP contribution < -0.4 is 10.6 Å². The number of carbonyl (C=O) groups excluding carboxylic acids is 4. The number of imide groups is 1. The van der Waals surface area contributed by atoms with Gasteiger partial charge < -0.3 is 15.1 Å². The number of fused-ring (bicyclic) bond motifs is 1. The molecule has 2 aromatic rings. The second-order valence-corrected chi connectivity index (χ2v) is 8.93. The Bertz CT molecular complexity index is 1240. The highest BCUT2D eigenvalue weighted by Crippen LogP contribution is 2.34. The van der Waals surface area contributed by atoms with Crippen molar-refractivity contribution in [3.63, 3.8) is 0 Å². The molecule has 3 aliphatic rings. The Hall–Kier alpha value is -3.89. The van der Waals surface area contributed by atoms with Crippen molar-refractivity contribution in [1.29, 1.82) is 0 Å². The topological polar surface area (TPSA) is 98.8 Å². The van der Waals surface area contributed by atoms with Crippen molar-refractivity contribution in [1.82, 2.24) is 15.1 Å². The second-order valence-electron chi connectivity index (χ2n) is 8.93. The number of nitrogens with one attached hydrogen (secondary N) is 2. The number of piperidine rings is 1. The number of anilines is 1. The van der Waals surface area contributed by atoms with E-state index < -0.39 is 23.7 Å². The first-order valence-corrected chi connectivity index (χ1v) is 11.1. The van der Waals surface area contributed by atoms with Gasteiger partial charge in [-0.2, -0.15) is 13.2 Å². The summed E-state index contributed by atoms with van der Waals surface area (Å²) in [5.74, 6) is -1.34. The van der Waals surface area contributed by atoms with Crippen LogP contribution in [0.5, 0.6) is 0 Å². The third kappa shape index (κ3) is 4.33. The molecule has 3 aliphatic heterocycles. The van der Waals surface area contributed by atoms with E-state index in [1.807, 2.05) is 0 Å². The van der Waals surface area contributed by atoms with E-state index >= 15 is 0 Å². The number of alkyl halides is 3. The van der Waals surface area contributed by atoms with Crippen molar-refractivity contribution >= 4 is 29.4 Å². The Morgan fingerprint density at radius 2 is 1.83 bits per heavy atom. The fraction of sp³-hybridized carbons (Fsp3) is 0.333. The van der Waals surface area contributed by atoms with Gasteiger partial charge in [-0.25, -0.2) is 4.79 Å². The molecular weight excluding hydrogens is 465 g/mol. The Kier molecular flexibility index (Phi) is 5.49. The number of halogens is 3. The second kappa shape index (κ2) is 8.40. The molecule has 0 bridgehead atoms. The Balaban J connectivity index is 1.20. The van der Waals surface area contributed by atoms with Gasteiger partial charge >= 0.3 is 12.2 Å². The molecule has 5 rings (SSSR count). The number of carbonyl (C=O) groups is 4. The summed E-state index contributed by atoms with van der Waals surface area (Å²) in [5, 5.41) is 5.01. The van der Waals surface area contributed by atoms with Gasteiger partial charge in [0.25, 0.3) is 5.91 Å². The summed E-state index contributed by atoms with van der Waals surface area (Å²) in [5.41, 5.74) is 1.38. The van der Waals surface area contributed by atoms with Gasteiger partial charge in [-0.15, -0.1) is 0 Å². The first kappa shape index (κ1) is 22.9. The first-order valence-electron chi connectivity index (χ1n) is 11.1. The summed E-state index contributed by atoms with van der Waals surface area (Å²) < 4.78 is 38.9. The van der Waals surface area contributed by atoms with Gasteiger partial charge in [0.15, 0.2) is 0 Å². The first-order chi connectivity index (χ1) is 16.6. The molecule has 5 amide bonds. The van der Waals surface area contributed by atoms with E-state index in [4.69, 9.17) is 0 Å². The van der Waals surface area contributed by atoms with E-state index in [1.54, 1.807) is 24.3 Å². The molecule has 0 spiro atoms. The summed E-state index contributed by atoms with van der Waals surface area (Å²) in [6.07, 6.45) is -4.00. The maximum Gasteiger partial charge on any atom is 0.416 e. The van der Waals surface area contributed by atoms with E-state index in [1.165, 1.54) is 15.9 Å². The fourth-order valence-electron chi connectivity index (χ4n) is 4.68. The van der Waals surface area contributed by atoms with Crippen LogP contribution in [0.1, 0.15) is 45.8 Å². The molecule has 0 radical (unpaired) electrons. The van der Waals surface area contributed by atoms with E-state index in [0.717, 1.165) is 12.1 Å². The molecule has 0 aromatic heterocycles. The molecular formula is C24H21F3N4O4. The van der Waals surface area contributed by atoms with Gasteiger partial charge in [0.1, 0.15) is 6.04 Å². The lowest BCUT2D eigenvalue weighted by molar-refractivity contribution is -0.138. The maximum atomic E-state index is 13.0. The maximum absolute atomic E-state index is 13.0. The molecule has 2 N–H and O–H groups in total. The predicted octanol–water partition coefficient (Wildman–Crippen LogP) is 3.10. The van der Waals surface area contributed by atoms with Crippen LogP contribution >= 0.6 is 0 Å². The highest BCUT2D eigenvalue weighted by atomic mass is 19.4. The van der Waals surface area contributed by atoms with Crippen LogP contribution in [-0.2, 0) is 22.3 Å². The van der Waals surface area contributed by atoms with Gasteiger partial charge in [-0.05, 0) is 41.8 Å². The number of benzene rings is 2. The summed E-state index contributed by atoms with van der Waals surface area (Å²) in [4.78, 5) is 51.9. The van der Waals surface area contributed by atoms with Gasteiger partial charge in [0.2, 0.25) is 11.8 Å². The van der Waals surface area contributed by atoms with Crippen LogP contribution in [0.2, 0.25) is 0 Å². The Morgan fingerprint density at radius 3 is 2.54 bits per heavy atom. The van der Waals surface area contributed by atoms with Gasteiger partial charge in [-0.1, -0.05) is 18.2 Å². The zero-order valence-electron chi connectivity index (χ0n) is 18.4. The van der Waals surface area contributed by atoms with Crippen LogP contribution in [0.15, 0.2) is 42.5 Å². The summed E-state index contributed by atoms with van der Waals surface area (Å²) >= 11 is 0. The summed E-state index contributed by atoms with van der Waals surface area (Å²) in [7, 11) is 0. The predicted molar refractivity (Wildman–Crippen MR) is 117 cm³/mol. The molecule has 1 unspecified atom stereocenters. The number of amides is 5. The molecule has 0 aliphatic carbocycles. The van der Waals surface area contributed by atoms with Gasteiger partial charge in [0, 0.05) is 43.2 Å². The lowest BCUT2D eigenvalue weighted by Gasteiger charge is -2.39. The molecule has 3 heterocycles. The molecule has 2 aromatic carbocycles. The van der Waals surface area contributed by atoms with Crippen molar-refractivity contribution in [2.75, 3.05) is 18.4 Å². The molecule has 11 heteroatoms. The standard InChI is InChI=1S/C24H21F3N4O4/c25-24(26,27)16-3-1-2-13(8-16)15-10-30(11-15)23(35)28-17-4-5-18-14(9-17)12-31(22(18)34)19-6-7-20(32)29-21(19)33/h1-5,8-9,15,19H,6-7,10-12H2,(H,28,35)(H,29,32,33). The SMILES string of the molecule is O=C1CCC(N2Cc3cc(NC(=O)N4CC(c5cccc(C(F)(F)F)c5)C4)ccc3C2=O)C(=O)N1. The van der Waals surface area contributed by atoms with Crippen LogP contribution in [0, 0.1) is 0 Å². The zero-order chi connectivity index (χ0) is 24.9. The number of likely N-dealkylation sites (tertiary alicyclic amines) is 1. The van der Waals surface area contributed by atoms with E-state index in [2.05, 4.69) is 10.6 Å².